The van der Waals surface area contributed by atoms with Crippen molar-refractivity contribution in [3.63, 3.8) is 0 Å². The Balaban J connectivity index is 1.86. The summed E-state index contributed by atoms with van der Waals surface area (Å²) in [7, 11) is 0. The van der Waals surface area contributed by atoms with E-state index in [1.807, 2.05) is 12.2 Å². The Morgan fingerprint density at radius 1 is 1.26 bits per heavy atom. The molecule has 1 atom stereocenters. The molecule has 0 aromatic carbocycles. The summed E-state index contributed by atoms with van der Waals surface area (Å²) in [6.07, 6.45) is 9.48. The van der Waals surface area contributed by atoms with Crippen molar-refractivity contribution >= 4 is 18.0 Å². The van der Waals surface area contributed by atoms with Crippen molar-refractivity contribution in [2.45, 2.75) is 64.5 Å². The first-order valence-corrected chi connectivity index (χ1v) is 9.54. The number of likely N-dealkylation sites (tertiary alicyclic amines) is 1. The fourth-order valence-corrected chi connectivity index (χ4v) is 2.99. The van der Waals surface area contributed by atoms with Gasteiger partial charge in [-0.1, -0.05) is 18.2 Å². The Labute approximate surface area is 160 Å². The summed E-state index contributed by atoms with van der Waals surface area (Å²) in [4.78, 5) is 38.3. The summed E-state index contributed by atoms with van der Waals surface area (Å²) in [6, 6.07) is -0.681. The first-order chi connectivity index (χ1) is 12.7. The van der Waals surface area contributed by atoms with Crippen LogP contribution in [0.2, 0.25) is 0 Å². The average molecular weight is 378 g/mol. The smallest absolute Gasteiger partial charge is 0.408 e. The van der Waals surface area contributed by atoms with Crippen LogP contribution in [0.4, 0.5) is 4.79 Å². The Bertz CT molecular complexity index is 618. The van der Waals surface area contributed by atoms with Gasteiger partial charge < -0.3 is 19.7 Å². The maximum absolute atomic E-state index is 12.7. The summed E-state index contributed by atoms with van der Waals surface area (Å²) in [5, 5.41) is 2.63. The van der Waals surface area contributed by atoms with E-state index in [1.54, 1.807) is 20.8 Å². The van der Waals surface area contributed by atoms with E-state index in [4.69, 9.17) is 9.47 Å². The lowest BCUT2D eigenvalue weighted by Gasteiger charge is -2.26. The predicted molar refractivity (Wildman–Crippen MR) is 101 cm³/mol. The molecule has 27 heavy (non-hydrogen) atoms. The quantitative estimate of drug-likeness (QED) is 0.744. The van der Waals surface area contributed by atoms with Crippen LogP contribution < -0.4 is 5.32 Å². The zero-order chi connectivity index (χ0) is 19.9. The minimum atomic E-state index is -0.681. The van der Waals surface area contributed by atoms with Crippen LogP contribution in [0, 0.1) is 0 Å². The van der Waals surface area contributed by atoms with E-state index in [1.165, 1.54) is 4.90 Å². The van der Waals surface area contributed by atoms with Gasteiger partial charge in [0.25, 0.3) is 0 Å². The first kappa shape index (κ1) is 21.0. The molecule has 2 aliphatic rings. The number of hydrogen-bond donors (Lipinski definition) is 1. The number of nitrogens with zero attached hydrogens (tertiary/aromatic N) is 1. The van der Waals surface area contributed by atoms with Gasteiger partial charge in [-0.15, -0.1) is 0 Å². The normalized spacial score (nSPS) is 20.6. The third kappa shape index (κ3) is 7.45. The lowest BCUT2D eigenvalue weighted by molar-refractivity contribution is -0.148. The lowest BCUT2D eigenvalue weighted by atomic mass is 10.1. The number of hydrogen-bond acceptors (Lipinski definition) is 5. The molecule has 0 bridgehead atoms. The van der Waals surface area contributed by atoms with Gasteiger partial charge in [0, 0.05) is 6.54 Å². The maximum atomic E-state index is 12.7. The standard InChI is InChI=1S/C20H30N2O5/c1-20(2,3)27-19(25)21-16-11-7-8-12-22(18(16)24)13-17(23)26-14-15-9-5-4-6-10-15/h5,9-10,16H,4,6-8,11-14H2,1-3H3,(H,21,25). The number of esters is 1. The van der Waals surface area contributed by atoms with E-state index >= 15 is 0 Å². The highest BCUT2D eigenvalue weighted by Gasteiger charge is 2.31. The summed E-state index contributed by atoms with van der Waals surface area (Å²) in [5.74, 6) is -0.715. The zero-order valence-electron chi connectivity index (χ0n) is 16.5. The van der Waals surface area contributed by atoms with Crippen LogP contribution >= 0.6 is 0 Å². The molecular formula is C20H30N2O5. The second-order valence-electron chi connectivity index (χ2n) is 7.87. The van der Waals surface area contributed by atoms with Crippen molar-refractivity contribution in [1.29, 1.82) is 0 Å². The average Bonchev–Trinajstić information content (AvgIpc) is 2.75. The van der Waals surface area contributed by atoms with Gasteiger partial charge in [-0.2, -0.15) is 0 Å². The molecule has 7 heteroatoms. The monoisotopic (exact) mass is 378 g/mol. The topological polar surface area (TPSA) is 84.9 Å². The first-order valence-electron chi connectivity index (χ1n) is 9.54. The molecule has 0 aromatic rings. The molecule has 7 nitrogen and oxygen atoms in total. The van der Waals surface area contributed by atoms with Gasteiger partial charge >= 0.3 is 12.1 Å². The Morgan fingerprint density at radius 3 is 2.70 bits per heavy atom. The fraction of sp³-hybridized carbons (Fsp3) is 0.650. The Hall–Kier alpha value is -2.31. The molecule has 1 aliphatic heterocycles. The molecule has 1 fully saturated rings. The number of carbonyl (C=O) groups is 3. The largest absolute Gasteiger partial charge is 0.460 e. The third-order valence-corrected chi connectivity index (χ3v) is 4.26. The van der Waals surface area contributed by atoms with Gasteiger partial charge in [-0.3, -0.25) is 9.59 Å². The zero-order valence-corrected chi connectivity index (χ0v) is 16.5. The van der Waals surface area contributed by atoms with Crippen LogP contribution in [0.15, 0.2) is 23.8 Å². The molecule has 1 unspecified atom stereocenters. The number of allylic oxidation sites excluding steroid dienone is 2. The molecule has 1 heterocycles. The van der Waals surface area contributed by atoms with E-state index in [0.717, 1.165) is 31.3 Å². The third-order valence-electron chi connectivity index (χ3n) is 4.26. The molecule has 2 rings (SSSR count). The minimum absolute atomic E-state index is 0.109. The SMILES string of the molecule is CC(C)(C)OC(=O)NC1CCCCN(CC(=O)OCC2=CCCC=C2)C1=O. The fourth-order valence-electron chi connectivity index (χ4n) is 2.99. The summed E-state index contributed by atoms with van der Waals surface area (Å²) in [5.41, 5.74) is 0.338. The highest BCUT2D eigenvalue weighted by molar-refractivity contribution is 5.88. The molecule has 1 saturated heterocycles. The Morgan fingerprint density at radius 2 is 2.04 bits per heavy atom. The van der Waals surface area contributed by atoms with Crippen molar-refractivity contribution in [3.05, 3.63) is 23.8 Å². The van der Waals surface area contributed by atoms with E-state index in [-0.39, 0.29) is 19.1 Å². The van der Waals surface area contributed by atoms with Gasteiger partial charge in [0.2, 0.25) is 5.91 Å². The maximum Gasteiger partial charge on any atom is 0.408 e. The van der Waals surface area contributed by atoms with E-state index < -0.39 is 23.7 Å². The highest BCUT2D eigenvalue weighted by Crippen LogP contribution is 2.15. The number of nitrogens with one attached hydrogen (secondary N) is 1. The number of rotatable bonds is 5. The van der Waals surface area contributed by atoms with Gasteiger partial charge in [-0.05, 0) is 58.4 Å². The van der Waals surface area contributed by atoms with E-state index in [2.05, 4.69) is 11.4 Å². The predicted octanol–water partition coefficient (Wildman–Crippen LogP) is 2.71. The van der Waals surface area contributed by atoms with Crippen LogP contribution in [0.1, 0.15) is 52.9 Å². The van der Waals surface area contributed by atoms with Crippen molar-refractivity contribution < 1.29 is 23.9 Å². The lowest BCUT2D eigenvalue weighted by Crippen LogP contribution is -2.50. The molecule has 0 radical (unpaired) electrons. The molecule has 0 spiro atoms. The summed E-state index contributed by atoms with van der Waals surface area (Å²) >= 11 is 0. The van der Waals surface area contributed by atoms with Crippen LogP contribution in [0.3, 0.4) is 0 Å². The van der Waals surface area contributed by atoms with Crippen molar-refractivity contribution in [2.24, 2.45) is 0 Å². The van der Waals surface area contributed by atoms with Crippen molar-refractivity contribution in [2.75, 3.05) is 19.7 Å². The van der Waals surface area contributed by atoms with Crippen molar-refractivity contribution in [3.8, 4) is 0 Å². The van der Waals surface area contributed by atoms with Crippen LogP contribution in [-0.2, 0) is 19.1 Å². The summed E-state index contributed by atoms with van der Waals surface area (Å²) in [6.45, 7) is 5.88. The molecule has 1 N–H and O–H groups in total. The number of amides is 2. The Kier molecular flexibility index (Phi) is 7.45. The number of ether oxygens (including phenoxy) is 2. The molecule has 2 amide bonds. The van der Waals surface area contributed by atoms with Crippen molar-refractivity contribution in [1.82, 2.24) is 10.2 Å². The highest BCUT2D eigenvalue weighted by atomic mass is 16.6. The summed E-state index contributed by atoms with van der Waals surface area (Å²) < 4.78 is 10.5. The number of carbonyl (C=O) groups excluding carboxylic acids is 3. The minimum Gasteiger partial charge on any atom is -0.460 e. The van der Waals surface area contributed by atoms with Gasteiger partial charge in [-0.25, -0.2) is 4.79 Å². The molecule has 0 aromatic heterocycles. The van der Waals surface area contributed by atoms with E-state index in [0.29, 0.717) is 13.0 Å². The van der Waals surface area contributed by atoms with Crippen LogP contribution in [0.25, 0.3) is 0 Å². The number of alkyl carbamates (subject to hydrolysis) is 1. The van der Waals surface area contributed by atoms with Gasteiger partial charge in [0.15, 0.2) is 0 Å². The molecule has 150 valence electrons. The van der Waals surface area contributed by atoms with Crippen LogP contribution in [0.5, 0.6) is 0 Å². The molecular weight excluding hydrogens is 348 g/mol. The van der Waals surface area contributed by atoms with E-state index in [9.17, 15) is 14.4 Å². The van der Waals surface area contributed by atoms with Gasteiger partial charge in [0.1, 0.15) is 24.8 Å². The second-order valence-corrected chi connectivity index (χ2v) is 7.87. The molecule has 1 aliphatic carbocycles. The van der Waals surface area contributed by atoms with Gasteiger partial charge in [0.05, 0.1) is 0 Å². The second kappa shape index (κ2) is 9.58. The van der Waals surface area contributed by atoms with Crippen LogP contribution in [-0.4, -0.2) is 54.2 Å². The molecule has 0 saturated carbocycles.